The Bertz CT molecular complexity index is 1500. The van der Waals surface area contributed by atoms with E-state index in [0.717, 1.165) is 15.6 Å². The van der Waals surface area contributed by atoms with Crippen LogP contribution in [-0.2, 0) is 9.53 Å². The molecule has 7 heteroatoms. The van der Waals surface area contributed by atoms with Gasteiger partial charge in [0.2, 0.25) is 5.90 Å². The number of fused-ring (bicyclic) bond motifs is 1. The van der Waals surface area contributed by atoms with E-state index in [0.29, 0.717) is 15.5 Å². The highest BCUT2D eigenvalue weighted by Gasteiger charge is 2.23. The molecule has 4 aromatic rings. The lowest BCUT2D eigenvalue weighted by Gasteiger charge is -2.07. The van der Waals surface area contributed by atoms with E-state index >= 15 is 0 Å². The molecular weight excluding hydrogens is 470 g/mol. The summed E-state index contributed by atoms with van der Waals surface area (Å²) in [5, 5.41) is 1.16. The highest BCUT2D eigenvalue weighted by molar-refractivity contribution is 7.21. The van der Waals surface area contributed by atoms with Gasteiger partial charge in [0, 0.05) is 21.7 Å². The summed E-state index contributed by atoms with van der Waals surface area (Å²) in [5.74, 6) is -0.682. The number of benzene rings is 3. The molecule has 0 radical (unpaired) electrons. The van der Waals surface area contributed by atoms with Gasteiger partial charge in [-0.3, -0.25) is 0 Å². The van der Waals surface area contributed by atoms with Gasteiger partial charge in [-0.15, -0.1) is 11.3 Å². The molecule has 0 saturated carbocycles. The Morgan fingerprint density at radius 2 is 1.68 bits per heavy atom. The monoisotopic (exact) mass is 485 g/mol. The van der Waals surface area contributed by atoms with E-state index in [1.807, 2.05) is 54.6 Å². The van der Waals surface area contributed by atoms with Crippen LogP contribution in [0.3, 0.4) is 0 Å². The molecule has 0 amide bonds. The van der Waals surface area contributed by atoms with Crippen molar-refractivity contribution in [2.75, 3.05) is 0 Å². The average molecular weight is 486 g/mol. The average Bonchev–Trinajstić information content (AvgIpc) is 3.39. The number of hydrogen-bond acceptors (Lipinski definition) is 6. The molecule has 0 saturated heterocycles. The zero-order valence-corrected chi connectivity index (χ0v) is 19.2. The number of para-hydroxylation sites is 1. The Balaban J connectivity index is 1.40. The maximum atomic E-state index is 12.9. The van der Waals surface area contributed by atoms with Gasteiger partial charge in [0.15, 0.2) is 5.70 Å². The smallest absolute Gasteiger partial charge is 0.363 e. The maximum absolute atomic E-state index is 12.9. The molecule has 166 valence electrons. The number of hydrogen-bond donors (Lipinski definition) is 0. The van der Waals surface area contributed by atoms with Crippen LogP contribution in [0.25, 0.3) is 22.2 Å². The second-order valence-electron chi connectivity index (χ2n) is 7.28. The summed E-state index contributed by atoms with van der Waals surface area (Å²) in [7, 11) is 0. The molecule has 0 fully saturated rings. The van der Waals surface area contributed by atoms with E-state index in [1.165, 1.54) is 17.4 Å². The number of aliphatic imine (C=N–C) groups is 1. The molecule has 3 aromatic carbocycles. The van der Waals surface area contributed by atoms with E-state index in [2.05, 4.69) is 4.99 Å². The number of carbonyl (C=O) groups is 2. The first-order chi connectivity index (χ1) is 16.6. The van der Waals surface area contributed by atoms with E-state index in [1.54, 1.807) is 36.4 Å². The molecule has 34 heavy (non-hydrogen) atoms. The van der Waals surface area contributed by atoms with Crippen LogP contribution in [0.15, 0.2) is 95.6 Å². The number of ether oxygens (including phenoxy) is 2. The molecule has 1 aliphatic rings. The summed E-state index contributed by atoms with van der Waals surface area (Å²) in [6, 6.07) is 24.0. The summed E-state index contributed by atoms with van der Waals surface area (Å²) in [5.41, 5.74) is 1.57. The molecule has 0 N–H and O–H groups in total. The number of carbonyl (C=O) groups excluding carboxylic acids is 2. The molecule has 5 rings (SSSR count). The van der Waals surface area contributed by atoms with Gasteiger partial charge in [-0.25, -0.2) is 14.6 Å². The van der Waals surface area contributed by atoms with Gasteiger partial charge in [0.05, 0.1) is 5.02 Å². The van der Waals surface area contributed by atoms with E-state index in [9.17, 15) is 9.59 Å². The second kappa shape index (κ2) is 9.47. The molecule has 0 unspecified atom stereocenters. The third-order valence-electron chi connectivity index (χ3n) is 4.99. The highest BCUT2D eigenvalue weighted by Crippen LogP contribution is 2.36. The fourth-order valence-electron chi connectivity index (χ4n) is 3.36. The normalized spacial score (nSPS) is 14.6. The summed E-state index contributed by atoms with van der Waals surface area (Å²) >= 11 is 7.69. The predicted octanol–water partition coefficient (Wildman–Crippen LogP) is 6.78. The topological polar surface area (TPSA) is 65.0 Å². The van der Waals surface area contributed by atoms with Crippen LogP contribution in [0.2, 0.25) is 5.02 Å². The summed E-state index contributed by atoms with van der Waals surface area (Å²) < 4.78 is 11.8. The molecular formula is C27H16ClNO4S. The van der Waals surface area contributed by atoms with E-state index in [4.69, 9.17) is 21.1 Å². The zero-order chi connectivity index (χ0) is 23.5. The Morgan fingerprint density at radius 3 is 2.50 bits per heavy atom. The molecule has 1 aliphatic heterocycles. The number of esters is 2. The van der Waals surface area contributed by atoms with Crippen molar-refractivity contribution < 1.29 is 19.1 Å². The second-order valence-corrected chi connectivity index (χ2v) is 8.71. The lowest BCUT2D eigenvalue weighted by atomic mass is 10.1. The summed E-state index contributed by atoms with van der Waals surface area (Å²) in [6.45, 7) is 0. The van der Waals surface area contributed by atoms with Crippen LogP contribution < -0.4 is 4.74 Å². The molecule has 0 aliphatic carbocycles. The Hall–Kier alpha value is -4.00. The minimum atomic E-state index is -0.582. The first-order valence-electron chi connectivity index (χ1n) is 10.3. The van der Waals surface area contributed by atoms with Gasteiger partial charge in [0.1, 0.15) is 10.6 Å². The summed E-state index contributed by atoms with van der Waals surface area (Å²) in [4.78, 5) is 29.8. The Kier molecular flexibility index (Phi) is 6.08. The van der Waals surface area contributed by atoms with E-state index < -0.39 is 11.9 Å². The van der Waals surface area contributed by atoms with Crippen molar-refractivity contribution in [3.63, 3.8) is 0 Å². The van der Waals surface area contributed by atoms with Crippen molar-refractivity contribution in [1.82, 2.24) is 0 Å². The fourth-order valence-corrected chi connectivity index (χ4v) is 4.74. The minimum Gasteiger partial charge on any atom is -0.422 e. The standard InChI is InChI=1S/C27H16ClNO4S/c28-24-19-11-5-7-13-22(19)34-25(24)27(31)32-21-12-6-4-10-18(21)16-20-26(30)33-23(29-20)15-14-17-8-2-1-3-9-17/h1-16H/b15-14+,20-16+. The van der Waals surface area contributed by atoms with Crippen molar-refractivity contribution in [2.45, 2.75) is 0 Å². The highest BCUT2D eigenvalue weighted by atomic mass is 35.5. The van der Waals surface area contributed by atoms with Gasteiger partial charge < -0.3 is 9.47 Å². The third-order valence-corrected chi connectivity index (χ3v) is 6.64. The number of thiophene rings is 1. The van der Waals surface area contributed by atoms with Gasteiger partial charge in [-0.2, -0.15) is 0 Å². The van der Waals surface area contributed by atoms with Crippen molar-refractivity contribution in [3.05, 3.63) is 112 Å². The first kappa shape index (κ1) is 21.8. The van der Waals surface area contributed by atoms with Crippen LogP contribution in [-0.4, -0.2) is 17.8 Å². The zero-order valence-electron chi connectivity index (χ0n) is 17.6. The third kappa shape index (κ3) is 4.55. The summed E-state index contributed by atoms with van der Waals surface area (Å²) in [6.07, 6.45) is 4.96. The first-order valence-corrected chi connectivity index (χ1v) is 11.5. The molecule has 0 atom stereocenters. The van der Waals surface area contributed by atoms with Gasteiger partial charge in [0.25, 0.3) is 0 Å². The van der Waals surface area contributed by atoms with Gasteiger partial charge in [-0.05, 0) is 29.8 Å². The predicted molar refractivity (Wildman–Crippen MR) is 135 cm³/mol. The maximum Gasteiger partial charge on any atom is 0.363 e. The number of halogens is 1. The molecule has 5 nitrogen and oxygen atoms in total. The largest absolute Gasteiger partial charge is 0.422 e. The fraction of sp³-hybridized carbons (Fsp3) is 0. The molecule has 1 aromatic heterocycles. The van der Waals surface area contributed by atoms with Gasteiger partial charge >= 0.3 is 11.9 Å². The van der Waals surface area contributed by atoms with Crippen LogP contribution in [0, 0.1) is 0 Å². The lowest BCUT2D eigenvalue weighted by Crippen LogP contribution is -2.08. The number of nitrogens with zero attached hydrogens (tertiary/aromatic N) is 1. The quantitative estimate of drug-likeness (QED) is 0.177. The van der Waals surface area contributed by atoms with Crippen molar-refractivity contribution in [2.24, 2.45) is 4.99 Å². The minimum absolute atomic E-state index is 0.108. The SMILES string of the molecule is O=C1OC(/C=C/c2ccccc2)=NC/1=C/c1ccccc1OC(=O)c1sc2ccccc2c1Cl. The number of rotatable bonds is 5. The van der Waals surface area contributed by atoms with Crippen LogP contribution >= 0.6 is 22.9 Å². The Morgan fingerprint density at radius 1 is 0.941 bits per heavy atom. The lowest BCUT2D eigenvalue weighted by molar-refractivity contribution is -0.129. The van der Waals surface area contributed by atoms with Gasteiger partial charge in [-0.1, -0.05) is 78.3 Å². The molecule has 2 heterocycles. The number of cyclic esters (lactones) is 1. The van der Waals surface area contributed by atoms with Crippen LogP contribution in [0.4, 0.5) is 0 Å². The van der Waals surface area contributed by atoms with E-state index in [-0.39, 0.29) is 17.3 Å². The molecule has 0 spiro atoms. The van der Waals surface area contributed by atoms with Crippen molar-refractivity contribution >= 4 is 63.0 Å². The Labute approximate surface area is 204 Å². The van der Waals surface area contributed by atoms with Crippen LogP contribution in [0.5, 0.6) is 5.75 Å². The molecule has 0 bridgehead atoms. The van der Waals surface area contributed by atoms with Crippen molar-refractivity contribution in [1.29, 1.82) is 0 Å². The van der Waals surface area contributed by atoms with Crippen molar-refractivity contribution in [3.8, 4) is 5.75 Å². The van der Waals surface area contributed by atoms with Crippen LogP contribution in [0.1, 0.15) is 20.8 Å².